The largest absolute Gasteiger partial charge is 0.337 e. The summed E-state index contributed by atoms with van der Waals surface area (Å²) in [6.45, 7) is 0.453. The van der Waals surface area contributed by atoms with Crippen LogP contribution in [0.1, 0.15) is 5.56 Å². The van der Waals surface area contributed by atoms with Gasteiger partial charge in [-0.2, -0.15) is 0 Å². The molecule has 11 heavy (non-hydrogen) atoms. The molecule has 0 amide bonds. The topological polar surface area (TPSA) is 64.9 Å². The van der Waals surface area contributed by atoms with Crippen LogP contribution < -0.4 is 5.73 Å². The summed E-state index contributed by atoms with van der Waals surface area (Å²) in [6.07, 6.45) is 0. The lowest BCUT2D eigenvalue weighted by molar-refractivity contribution is 0.422. The van der Waals surface area contributed by atoms with Crippen molar-refractivity contribution in [2.45, 2.75) is 6.54 Å². The van der Waals surface area contributed by atoms with Crippen LogP contribution in [0.2, 0.25) is 0 Å². The van der Waals surface area contributed by atoms with Gasteiger partial charge in [0.05, 0.1) is 0 Å². The predicted octanol–water partition coefficient (Wildman–Crippen LogP) is 0.681. The van der Waals surface area contributed by atoms with Crippen LogP contribution in [-0.4, -0.2) is 10.4 Å². The third kappa shape index (κ3) is 0.877. The van der Waals surface area contributed by atoms with Gasteiger partial charge in [-0.15, -0.1) is 5.10 Å². The standard InChI is InChI=1S/C7H7N3O/c8-4-5-2-1-3-6-7(5)11-10-9-6/h1-3H,4,8H2. The fourth-order valence-electron chi connectivity index (χ4n) is 1.02. The zero-order valence-corrected chi connectivity index (χ0v) is 5.82. The second kappa shape index (κ2) is 2.32. The summed E-state index contributed by atoms with van der Waals surface area (Å²) in [5.74, 6) is 0. The first-order valence-corrected chi connectivity index (χ1v) is 3.32. The van der Waals surface area contributed by atoms with Crippen molar-refractivity contribution in [3.8, 4) is 0 Å². The minimum absolute atomic E-state index is 0.453. The summed E-state index contributed by atoms with van der Waals surface area (Å²) in [7, 11) is 0. The van der Waals surface area contributed by atoms with E-state index in [1.54, 1.807) is 0 Å². The highest BCUT2D eigenvalue weighted by Crippen LogP contribution is 2.14. The Kier molecular flexibility index (Phi) is 1.33. The van der Waals surface area contributed by atoms with Crippen LogP contribution in [0.15, 0.2) is 22.7 Å². The third-order valence-corrected chi connectivity index (χ3v) is 1.58. The number of nitrogens with zero attached hydrogens (tertiary/aromatic N) is 2. The van der Waals surface area contributed by atoms with Gasteiger partial charge in [0.2, 0.25) is 0 Å². The van der Waals surface area contributed by atoms with Crippen molar-refractivity contribution in [3.05, 3.63) is 23.8 Å². The highest BCUT2D eigenvalue weighted by atomic mass is 16.5. The molecule has 56 valence electrons. The van der Waals surface area contributed by atoms with E-state index in [1.807, 2.05) is 18.2 Å². The van der Waals surface area contributed by atoms with Crippen molar-refractivity contribution in [2.75, 3.05) is 0 Å². The summed E-state index contributed by atoms with van der Waals surface area (Å²) in [5, 5.41) is 7.18. The van der Waals surface area contributed by atoms with Gasteiger partial charge in [-0.1, -0.05) is 12.1 Å². The van der Waals surface area contributed by atoms with Crippen LogP contribution in [0.5, 0.6) is 0 Å². The SMILES string of the molecule is NCc1cccc2nnoc12. The lowest BCUT2D eigenvalue weighted by Crippen LogP contribution is -1.95. The third-order valence-electron chi connectivity index (χ3n) is 1.58. The monoisotopic (exact) mass is 149 g/mol. The molecule has 0 bridgehead atoms. The number of rotatable bonds is 1. The van der Waals surface area contributed by atoms with Crippen molar-refractivity contribution in [2.24, 2.45) is 5.73 Å². The fourth-order valence-corrected chi connectivity index (χ4v) is 1.02. The normalized spacial score (nSPS) is 10.6. The van der Waals surface area contributed by atoms with E-state index in [0.29, 0.717) is 12.1 Å². The molecular formula is C7H7N3O. The zero-order valence-electron chi connectivity index (χ0n) is 5.82. The molecule has 0 atom stereocenters. The van der Waals surface area contributed by atoms with Crippen molar-refractivity contribution in [1.29, 1.82) is 0 Å². The highest BCUT2D eigenvalue weighted by Gasteiger charge is 2.03. The van der Waals surface area contributed by atoms with Crippen molar-refractivity contribution in [3.63, 3.8) is 0 Å². The van der Waals surface area contributed by atoms with Crippen LogP contribution in [0.3, 0.4) is 0 Å². The van der Waals surface area contributed by atoms with Crippen molar-refractivity contribution >= 4 is 11.1 Å². The fraction of sp³-hybridized carbons (Fsp3) is 0.143. The Morgan fingerprint density at radius 2 is 2.36 bits per heavy atom. The molecule has 4 nitrogen and oxygen atoms in total. The molecule has 0 aliphatic rings. The van der Waals surface area contributed by atoms with Gasteiger partial charge in [0.1, 0.15) is 5.52 Å². The smallest absolute Gasteiger partial charge is 0.191 e. The van der Waals surface area contributed by atoms with E-state index in [0.717, 1.165) is 11.1 Å². The second-order valence-electron chi connectivity index (χ2n) is 2.24. The van der Waals surface area contributed by atoms with Crippen LogP contribution in [0.25, 0.3) is 11.1 Å². The number of benzene rings is 1. The molecule has 0 aliphatic carbocycles. The molecule has 2 N–H and O–H groups in total. The van der Waals surface area contributed by atoms with E-state index in [1.165, 1.54) is 0 Å². The summed E-state index contributed by atoms with van der Waals surface area (Å²) in [5.41, 5.74) is 7.84. The molecule has 4 heteroatoms. The Bertz CT molecular complexity index is 368. The summed E-state index contributed by atoms with van der Waals surface area (Å²) in [6, 6.07) is 5.62. The number of fused-ring (bicyclic) bond motifs is 1. The molecule has 1 heterocycles. The lowest BCUT2D eigenvalue weighted by Gasteiger charge is -1.92. The number of hydrogen-bond donors (Lipinski definition) is 1. The molecule has 0 saturated carbocycles. The molecule has 0 aliphatic heterocycles. The molecule has 2 aromatic rings. The van der Waals surface area contributed by atoms with Gasteiger partial charge in [0, 0.05) is 17.4 Å². The first-order valence-electron chi connectivity index (χ1n) is 3.32. The summed E-state index contributed by atoms with van der Waals surface area (Å²) < 4.78 is 4.90. The van der Waals surface area contributed by atoms with Crippen molar-refractivity contribution < 1.29 is 4.52 Å². The Morgan fingerprint density at radius 1 is 1.45 bits per heavy atom. The van der Waals surface area contributed by atoms with E-state index in [-0.39, 0.29) is 0 Å². The van der Waals surface area contributed by atoms with Crippen LogP contribution >= 0.6 is 0 Å². The first kappa shape index (κ1) is 6.30. The number of hydrogen-bond acceptors (Lipinski definition) is 4. The Hall–Kier alpha value is -1.42. The van der Waals surface area contributed by atoms with E-state index < -0.39 is 0 Å². The van der Waals surface area contributed by atoms with Gasteiger partial charge in [-0.3, -0.25) is 0 Å². The maximum atomic E-state index is 5.46. The molecule has 0 fully saturated rings. The second-order valence-corrected chi connectivity index (χ2v) is 2.24. The van der Waals surface area contributed by atoms with E-state index in [4.69, 9.17) is 10.3 Å². The van der Waals surface area contributed by atoms with Gasteiger partial charge in [-0.05, 0) is 6.07 Å². The maximum absolute atomic E-state index is 5.46. The van der Waals surface area contributed by atoms with E-state index in [2.05, 4.69) is 10.4 Å². The van der Waals surface area contributed by atoms with Gasteiger partial charge in [-0.25, -0.2) is 0 Å². The molecule has 0 spiro atoms. The quantitative estimate of drug-likeness (QED) is 0.647. The number of para-hydroxylation sites is 1. The van der Waals surface area contributed by atoms with Gasteiger partial charge < -0.3 is 10.3 Å². The lowest BCUT2D eigenvalue weighted by atomic mass is 10.2. The molecule has 0 saturated heterocycles. The Morgan fingerprint density at radius 3 is 3.18 bits per heavy atom. The summed E-state index contributed by atoms with van der Waals surface area (Å²) >= 11 is 0. The van der Waals surface area contributed by atoms with Gasteiger partial charge in [0.15, 0.2) is 5.58 Å². The number of aromatic nitrogens is 2. The highest BCUT2D eigenvalue weighted by molar-refractivity contribution is 5.74. The van der Waals surface area contributed by atoms with Crippen LogP contribution in [0, 0.1) is 0 Å². The van der Waals surface area contributed by atoms with E-state index in [9.17, 15) is 0 Å². The zero-order chi connectivity index (χ0) is 7.68. The summed E-state index contributed by atoms with van der Waals surface area (Å²) in [4.78, 5) is 0. The molecule has 0 radical (unpaired) electrons. The van der Waals surface area contributed by atoms with E-state index >= 15 is 0 Å². The maximum Gasteiger partial charge on any atom is 0.191 e. The van der Waals surface area contributed by atoms with Crippen LogP contribution in [-0.2, 0) is 6.54 Å². The minimum Gasteiger partial charge on any atom is -0.337 e. The Balaban J connectivity index is 2.79. The van der Waals surface area contributed by atoms with Gasteiger partial charge >= 0.3 is 0 Å². The average molecular weight is 149 g/mol. The first-order chi connectivity index (χ1) is 5.42. The van der Waals surface area contributed by atoms with Crippen molar-refractivity contribution in [1.82, 2.24) is 10.4 Å². The molecular weight excluding hydrogens is 142 g/mol. The average Bonchev–Trinajstić information content (AvgIpc) is 2.50. The molecule has 1 aromatic carbocycles. The van der Waals surface area contributed by atoms with Gasteiger partial charge in [0.25, 0.3) is 0 Å². The minimum atomic E-state index is 0.453. The predicted molar refractivity (Wildman–Crippen MR) is 39.7 cm³/mol. The molecule has 0 unspecified atom stereocenters. The molecule has 1 aromatic heterocycles. The van der Waals surface area contributed by atoms with Crippen LogP contribution in [0.4, 0.5) is 0 Å². The molecule has 2 rings (SSSR count). The Labute approximate surface area is 63.0 Å². The number of nitrogens with two attached hydrogens (primary N) is 1.